The first kappa shape index (κ1) is 23.3. The molecule has 1 amide bonds. The van der Waals surface area contributed by atoms with Crippen LogP contribution in [0.3, 0.4) is 0 Å². The topological polar surface area (TPSA) is 119 Å². The van der Waals surface area contributed by atoms with Crippen LogP contribution in [-0.4, -0.2) is 43.0 Å². The highest BCUT2D eigenvalue weighted by molar-refractivity contribution is 6.03. The van der Waals surface area contributed by atoms with Gasteiger partial charge in [0, 0.05) is 24.3 Å². The summed E-state index contributed by atoms with van der Waals surface area (Å²) in [5, 5.41) is 13.8. The first-order chi connectivity index (χ1) is 15.6. The van der Waals surface area contributed by atoms with E-state index in [9.17, 15) is 24.3 Å². The Morgan fingerprint density at radius 3 is 2.39 bits per heavy atom. The molecule has 0 bridgehead atoms. The number of hydrogen-bond donors (Lipinski definition) is 2. The first-order valence-corrected chi connectivity index (χ1v) is 11.5. The predicted octanol–water partition coefficient (Wildman–Crippen LogP) is 3.21. The van der Waals surface area contributed by atoms with Crippen molar-refractivity contribution in [2.24, 2.45) is 17.3 Å². The fraction of sp³-hybridized carbons (Fsp3) is 0.600. The number of amides is 1. The average molecular weight is 458 g/mol. The number of methoxy groups -OCH3 is 2. The molecule has 3 aliphatic carbocycles. The molecule has 0 saturated heterocycles. The Hall–Kier alpha value is -2.90. The van der Waals surface area contributed by atoms with Crippen molar-refractivity contribution in [1.29, 1.82) is 0 Å². The van der Waals surface area contributed by atoms with Gasteiger partial charge in [0.25, 0.3) is 0 Å². The summed E-state index contributed by atoms with van der Waals surface area (Å²) in [6.45, 7) is 3.44. The van der Waals surface area contributed by atoms with Crippen LogP contribution in [0.4, 0.5) is 5.69 Å². The van der Waals surface area contributed by atoms with E-state index in [1.807, 2.05) is 0 Å². The molecule has 3 aliphatic rings. The van der Waals surface area contributed by atoms with Gasteiger partial charge in [-0.25, -0.2) is 0 Å². The van der Waals surface area contributed by atoms with Crippen LogP contribution in [-0.2, 0) is 35.1 Å². The van der Waals surface area contributed by atoms with Crippen molar-refractivity contribution < 1.29 is 33.8 Å². The summed E-state index contributed by atoms with van der Waals surface area (Å²) in [5.41, 5.74) is 1.75. The first-order valence-electron chi connectivity index (χ1n) is 11.5. The van der Waals surface area contributed by atoms with Gasteiger partial charge in [-0.1, -0.05) is 6.92 Å². The molecular formula is C25H31NO7. The Kier molecular flexibility index (Phi) is 5.97. The van der Waals surface area contributed by atoms with Gasteiger partial charge in [-0.15, -0.1) is 0 Å². The van der Waals surface area contributed by atoms with Crippen molar-refractivity contribution >= 4 is 29.3 Å². The number of anilines is 1. The van der Waals surface area contributed by atoms with Crippen molar-refractivity contribution in [2.75, 3.05) is 19.5 Å². The zero-order valence-corrected chi connectivity index (χ0v) is 19.5. The zero-order valence-electron chi connectivity index (χ0n) is 19.5. The molecule has 2 saturated carbocycles. The van der Waals surface area contributed by atoms with E-state index in [2.05, 4.69) is 12.2 Å². The van der Waals surface area contributed by atoms with Crippen LogP contribution >= 0.6 is 0 Å². The number of phenolic OH excluding ortho intramolecular Hbond substituents is 1. The Morgan fingerprint density at radius 2 is 1.79 bits per heavy atom. The van der Waals surface area contributed by atoms with Gasteiger partial charge in [0.05, 0.1) is 19.9 Å². The van der Waals surface area contributed by atoms with Gasteiger partial charge in [0.1, 0.15) is 11.5 Å². The second kappa shape index (κ2) is 8.47. The number of ether oxygens (including phenoxy) is 2. The zero-order chi connectivity index (χ0) is 24.1. The van der Waals surface area contributed by atoms with Crippen LogP contribution in [0.25, 0.3) is 0 Å². The third-order valence-electron chi connectivity index (χ3n) is 8.23. The summed E-state index contributed by atoms with van der Waals surface area (Å²) in [7, 11) is 2.33. The monoisotopic (exact) mass is 457 g/mol. The second-order valence-electron chi connectivity index (χ2n) is 9.75. The third kappa shape index (κ3) is 3.60. The molecule has 2 fully saturated rings. The highest BCUT2D eigenvalue weighted by Gasteiger charge is 2.55. The highest BCUT2D eigenvalue weighted by Crippen LogP contribution is 2.60. The lowest BCUT2D eigenvalue weighted by Gasteiger charge is -2.48. The van der Waals surface area contributed by atoms with Crippen LogP contribution in [0.5, 0.6) is 5.75 Å². The molecule has 0 aliphatic heterocycles. The van der Waals surface area contributed by atoms with Gasteiger partial charge < -0.3 is 19.9 Å². The van der Waals surface area contributed by atoms with Crippen LogP contribution in [0.2, 0.25) is 0 Å². The van der Waals surface area contributed by atoms with Crippen molar-refractivity contribution in [3.63, 3.8) is 0 Å². The molecule has 0 heterocycles. The molecular weight excluding hydrogens is 426 g/mol. The molecule has 33 heavy (non-hydrogen) atoms. The third-order valence-corrected chi connectivity index (χ3v) is 8.23. The molecule has 0 spiro atoms. The minimum absolute atomic E-state index is 0.0627. The number of fused-ring (bicyclic) bond motifs is 5. The maximum atomic E-state index is 12.6. The number of nitrogens with one attached hydrogen (secondary N) is 1. The van der Waals surface area contributed by atoms with E-state index in [-0.39, 0.29) is 40.2 Å². The lowest BCUT2D eigenvalue weighted by atomic mass is 9.55. The number of carbonyl (C=O) groups is 4. The van der Waals surface area contributed by atoms with E-state index < -0.39 is 17.9 Å². The van der Waals surface area contributed by atoms with Crippen LogP contribution in [0.1, 0.15) is 74.5 Å². The minimum atomic E-state index is -1.47. The maximum absolute atomic E-state index is 12.6. The molecule has 1 aromatic rings. The van der Waals surface area contributed by atoms with Crippen molar-refractivity contribution in [3.05, 3.63) is 22.8 Å². The summed E-state index contributed by atoms with van der Waals surface area (Å²) in [5.74, 6) is -2.82. The van der Waals surface area contributed by atoms with Gasteiger partial charge in [-0.3, -0.25) is 19.2 Å². The average Bonchev–Trinajstić information content (AvgIpc) is 3.10. The molecule has 8 nitrogen and oxygen atoms in total. The Labute approximate surface area is 193 Å². The van der Waals surface area contributed by atoms with E-state index in [4.69, 9.17) is 9.47 Å². The number of carbonyl (C=O) groups excluding carboxylic acids is 4. The van der Waals surface area contributed by atoms with Gasteiger partial charge in [-0.2, -0.15) is 0 Å². The molecule has 4 rings (SSSR count). The van der Waals surface area contributed by atoms with Crippen molar-refractivity contribution in [3.8, 4) is 5.75 Å². The van der Waals surface area contributed by atoms with E-state index in [1.54, 1.807) is 6.07 Å². The summed E-state index contributed by atoms with van der Waals surface area (Å²) < 4.78 is 9.65. The largest absolute Gasteiger partial charge is 0.505 e. The molecule has 0 radical (unpaired) electrons. The fourth-order valence-corrected chi connectivity index (χ4v) is 6.63. The van der Waals surface area contributed by atoms with Gasteiger partial charge >= 0.3 is 11.9 Å². The molecule has 0 aromatic heterocycles. The van der Waals surface area contributed by atoms with E-state index in [0.717, 1.165) is 51.0 Å². The number of esters is 2. The van der Waals surface area contributed by atoms with Crippen LogP contribution in [0.15, 0.2) is 6.07 Å². The fourth-order valence-electron chi connectivity index (χ4n) is 6.63. The smallest absolute Gasteiger partial charge is 0.324 e. The number of Topliss-reactive ketones (excluding diaryl/α,β-unsaturated/α-hetero) is 1. The maximum Gasteiger partial charge on any atom is 0.324 e. The van der Waals surface area contributed by atoms with Crippen LogP contribution in [0, 0.1) is 17.3 Å². The highest BCUT2D eigenvalue weighted by atomic mass is 16.5. The lowest BCUT2D eigenvalue weighted by molar-refractivity contribution is -0.154. The lowest BCUT2D eigenvalue weighted by Crippen LogP contribution is -2.42. The molecule has 4 atom stereocenters. The van der Waals surface area contributed by atoms with Gasteiger partial charge in [0.2, 0.25) is 5.91 Å². The Balaban J connectivity index is 1.87. The molecule has 8 heteroatoms. The Morgan fingerprint density at radius 1 is 1.12 bits per heavy atom. The van der Waals surface area contributed by atoms with Gasteiger partial charge in [0.15, 0.2) is 5.92 Å². The number of phenols is 1. The summed E-state index contributed by atoms with van der Waals surface area (Å²) in [6, 6.07) is 1.71. The second-order valence-corrected chi connectivity index (χ2v) is 9.75. The number of aromatic hydroxyl groups is 1. The van der Waals surface area contributed by atoms with Gasteiger partial charge in [-0.05, 0) is 67.1 Å². The van der Waals surface area contributed by atoms with E-state index in [0.29, 0.717) is 24.5 Å². The molecule has 178 valence electrons. The number of benzene rings is 1. The van der Waals surface area contributed by atoms with Crippen molar-refractivity contribution in [2.45, 2.75) is 64.2 Å². The van der Waals surface area contributed by atoms with E-state index >= 15 is 0 Å². The number of ketones is 1. The van der Waals surface area contributed by atoms with Crippen molar-refractivity contribution in [1.82, 2.24) is 0 Å². The predicted molar refractivity (Wildman–Crippen MR) is 119 cm³/mol. The molecule has 1 aromatic carbocycles. The standard InChI is InChI=1S/C25H31NO7/c1-12(27)26-21-15-6-5-14-13(9-10-25(2)18(14)7-8-19(25)28)16(15)11-17(22(21)29)20(23(30)32-3)24(31)33-4/h11,13-14,18,20,29H,5-10H2,1-4H3,(H,26,27)/t13-,14+,18-,25-/m0/s1. The Bertz CT molecular complexity index is 1020. The molecule has 0 unspecified atom stereocenters. The number of rotatable bonds is 4. The quantitative estimate of drug-likeness (QED) is 0.405. The minimum Gasteiger partial charge on any atom is -0.505 e. The number of hydrogen-bond acceptors (Lipinski definition) is 7. The normalized spacial score (nSPS) is 27.9. The summed E-state index contributed by atoms with van der Waals surface area (Å²) in [4.78, 5) is 49.7. The molecule has 2 N–H and O–H groups in total. The van der Waals surface area contributed by atoms with E-state index in [1.165, 1.54) is 6.92 Å². The summed E-state index contributed by atoms with van der Waals surface area (Å²) >= 11 is 0. The van der Waals surface area contributed by atoms with Crippen LogP contribution < -0.4 is 5.32 Å². The SMILES string of the molecule is COC(=O)C(C(=O)OC)c1cc2c(c(NC(C)=O)c1O)CC[C@@H]1[C@@H]2CC[C@]2(C)C(=O)CC[C@@H]12. The summed E-state index contributed by atoms with van der Waals surface area (Å²) in [6.07, 6.45) is 4.54.